The molecule has 2 nitrogen and oxygen atoms in total. The zero-order chi connectivity index (χ0) is 6.97. The fourth-order valence-corrected chi connectivity index (χ4v) is 1.42. The van der Waals surface area contributed by atoms with E-state index in [0.29, 0.717) is 0 Å². The minimum atomic E-state index is -0.238. The smallest absolute Gasteiger partial charge is 0.0797 e. The summed E-state index contributed by atoms with van der Waals surface area (Å²) in [4.78, 5) is 3.98. The topological polar surface area (TPSA) is 33.1 Å². The first-order valence-electron chi connectivity index (χ1n) is 3.49. The Bertz CT molecular complexity index is 252. The first-order valence-corrected chi connectivity index (χ1v) is 3.49. The van der Waals surface area contributed by atoms with E-state index in [9.17, 15) is 5.11 Å². The van der Waals surface area contributed by atoms with E-state index in [2.05, 4.69) is 4.98 Å². The van der Waals surface area contributed by atoms with Crippen LogP contribution in [0.3, 0.4) is 0 Å². The van der Waals surface area contributed by atoms with E-state index < -0.39 is 0 Å². The van der Waals surface area contributed by atoms with Crippen molar-refractivity contribution in [3.8, 4) is 0 Å². The van der Waals surface area contributed by atoms with Crippen LogP contribution in [0.25, 0.3) is 0 Å². The molecule has 1 aromatic rings. The van der Waals surface area contributed by atoms with Crippen LogP contribution >= 0.6 is 0 Å². The van der Waals surface area contributed by atoms with Crippen molar-refractivity contribution in [2.75, 3.05) is 0 Å². The molecule has 1 N–H and O–H groups in total. The van der Waals surface area contributed by atoms with Crippen LogP contribution < -0.4 is 0 Å². The minimum Gasteiger partial charge on any atom is -0.388 e. The molecular weight excluding hydrogens is 177 g/mol. The van der Waals surface area contributed by atoms with E-state index in [0.717, 1.165) is 18.4 Å². The molecule has 0 saturated heterocycles. The molecule has 57 valence electrons. The van der Waals surface area contributed by atoms with E-state index in [-0.39, 0.29) is 24.7 Å². The third kappa shape index (κ3) is 1.48. The largest absolute Gasteiger partial charge is 0.388 e. The van der Waals surface area contributed by atoms with Crippen molar-refractivity contribution in [2.45, 2.75) is 18.9 Å². The van der Waals surface area contributed by atoms with Crippen molar-refractivity contribution in [2.24, 2.45) is 0 Å². The van der Waals surface area contributed by atoms with Gasteiger partial charge in [-0.15, -0.1) is 0 Å². The molecule has 1 aromatic heterocycles. The molecule has 1 heterocycles. The van der Waals surface area contributed by atoms with Gasteiger partial charge in [0, 0.05) is 30.9 Å². The van der Waals surface area contributed by atoms with E-state index in [4.69, 9.17) is 0 Å². The van der Waals surface area contributed by atoms with Crippen molar-refractivity contribution >= 4 is 0 Å². The van der Waals surface area contributed by atoms with Gasteiger partial charge in [-0.2, -0.15) is 0 Å². The quantitative estimate of drug-likeness (QED) is 0.657. The number of fused-ring (bicyclic) bond motifs is 1. The molecule has 0 spiro atoms. The Labute approximate surface area is 77.5 Å². The van der Waals surface area contributed by atoms with Crippen molar-refractivity contribution in [3.05, 3.63) is 29.6 Å². The Balaban J connectivity index is 0.000000605. The third-order valence-electron chi connectivity index (χ3n) is 1.99. The summed E-state index contributed by atoms with van der Waals surface area (Å²) in [5, 5.41) is 9.35. The van der Waals surface area contributed by atoms with Gasteiger partial charge in [0.25, 0.3) is 0 Å². The van der Waals surface area contributed by atoms with Crippen LogP contribution in [0.15, 0.2) is 18.5 Å². The monoisotopic (exact) mass is 186 g/mol. The first-order chi connectivity index (χ1) is 4.88. The van der Waals surface area contributed by atoms with Gasteiger partial charge < -0.3 is 5.11 Å². The summed E-state index contributed by atoms with van der Waals surface area (Å²) in [7, 11) is 0. The molecule has 0 fully saturated rings. The maximum absolute atomic E-state index is 9.35. The second-order valence-electron chi connectivity index (χ2n) is 2.63. The third-order valence-corrected chi connectivity index (χ3v) is 1.99. The first kappa shape index (κ1) is 8.79. The Kier molecular flexibility index (Phi) is 2.71. The average Bonchev–Trinajstić information content (AvgIpc) is 2.34. The van der Waals surface area contributed by atoms with Crippen LogP contribution in [0.4, 0.5) is 0 Å². The number of aromatic nitrogens is 1. The molecule has 1 unspecified atom stereocenters. The van der Waals surface area contributed by atoms with E-state index in [1.54, 1.807) is 6.20 Å². The summed E-state index contributed by atoms with van der Waals surface area (Å²) in [5.74, 6) is 0. The molecule has 3 heteroatoms. The molecular formula is C8H9NOV. The van der Waals surface area contributed by atoms with Crippen molar-refractivity contribution in [3.63, 3.8) is 0 Å². The number of aliphatic hydroxyl groups excluding tert-OH is 1. The number of nitrogens with zero attached hydrogens (tertiary/aromatic N) is 1. The Hall–Kier alpha value is -0.306. The molecule has 11 heavy (non-hydrogen) atoms. The van der Waals surface area contributed by atoms with Crippen LogP contribution in [0.5, 0.6) is 0 Å². The molecule has 1 aliphatic rings. The summed E-state index contributed by atoms with van der Waals surface area (Å²) in [6.45, 7) is 0. The summed E-state index contributed by atoms with van der Waals surface area (Å²) in [6.07, 6.45) is 5.17. The van der Waals surface area contributed by atoms with Crippen molar-refractivity contribution in [1.29, 1.82) is 0 Å². The van der Waals surface area contributed by atoms with Gasteiger partial charge in [-0.05, 0) is 30.0 Å². The Morgan fingerprint density at radius 3 is 3.09 bits per heavy atom. The maximum Gasteiger partial charge on any atom is 0.0797 e. The SMILES string of the molecule is OC1CCc2cnccc21.[V]. The molecule has 0 amide bonds. The van der Waals surface area contributed by atoms with Gasteiger partial charge in [-0.25, -0.2) is 0 Å². The zero-order valence-corrected chi connectivity index (χ0v) is 7.46. The normalized spacial score (nSPS) is 20.6. The van der Waals surface area contributed by atoms with Gasteiger partial charge in [-0.1, -0.05) is 0 Å². The molecule has 0 aromatic carbocycles. The van der Waals surface area contributed by atoms with Crippen molar-refractivity contribution in [1.82, 2.24) is 4.98 Å². The molecule has 1 atom stereocenters. The second-order valence-corrected chi connectivity index (χ2v) is 2.63. The van der Waals surface area contributed by atoms with Crippen LogP contribution in [0.1, 0.15) is 23.7 Å². The average molecular weight is 186 g/mol. The van der Waals surface area contributed by atoms with E-state index >= 15 is 0 Å². The molecule has 1 radical (unpaired) electrons. The minimum absolute atomic E-state index is 0. The summed E-state index contributed by atoms with van der Waals surface area (Å²) in [5.41, 5.74) is 2.27. The summed E-state index contributed by atoms with van der Waals surface area (Å²) < 4.78 is 0. The van der Waals surface area contributed by atoms with Gasteiger partial charge >= 0.3 is 0 Å². The van der Waals surface area contributed by atoms with Crippen LogP contribution in [-0.2, 0) is 25.0 Å². The van der Waals surface area contributed by atoms with Crippen LogP contribution in [-0.4, -0.2) is 10.1 Å². The zero-order valence-electron chi connectivity index (χ0n) is 6.07. The van der Waals surface area contributed by atoms with Gasteiger partial charge in [0.1, 0.15) is 0 Å². The number of rotatable bonds is 0. The number of aliphatic hydroxyl groups is 1. The van der Waals surface area contributed by atoms with Crippen molar-refractivity contribution < 1.29 is 23.7 Å². The van der Waals surface area contributed by atoms with Gasteiger partial charge in [0.2, 0.25) is 0 Å². The van der Waals surface area contributed by atoms with Gasteiger partial charge in [0.05, 0.1) is 6.10 Å². The number of hydrogen-bond acceptors (Lipinski definition) is 2. The number of pyridine rings is 1. The number of aryl methyl sites for hydroxylation is 1. The number of hydrogen-bond donors (Lipinski definition) is 1. The Morgan fingerprint density at radius 2 is 2.36 bits per heavy atom. The molecule has 2 rings (SSSR count). The summed E-state index contributed by atoms with van der Waals surface area (Å²) >= 11 is 0. The summed E-state index contributed by atoms with van der Waals surface area (Å²) in [6, 6.07) is 1.90. The Morgan fingerprint density at radius 1 is 1.55 bits per heavy atom. The fourth-order valence-electron chi connectivity index (χ4n) is 1.42. The predicted molar refractivity (Wildman–Crippen MR) is 37.5 cm³/mol. The van der Waals surface area contributed by atoms with Gasteiger partial charge in [0.15, 0.2) is 0 Å². The predicted octanol–water partition coefficient (Wildman–Crippen LogP) is 1.06. The molecule has 0 saturated carbocycles. The van der Waals surface area contributed by atoms with Crippen LogP contribution in [0.2, 0.25) is 0 Å². The van der Waals surface area contributed by atoms with E-state index in [1.807, 2.05) is 12.3 Å². The standard InChI is InChI=1S/C8H9NO.V/c10-8-2-1-6-5-9-4-3-7(6)8;/h3-5,8,10H,1-2H2;. The van der Waals surface area contributed by atoms with Gasteiger partial charge in [-0.3, -0.25) is 4.98 Å². The fraction of sp³-hybridized carbons (Fsp3) is 0.375. The van der Waals surface area contributed by atoms with Crippen LogP contribution in [0, 0.1) is 0 Å². The molecule has 0 bridgehead atoms. The van der Waals surface area contributed by atoms with E-state index in [1.165, 1.54) is 5.56 Å². The maximum atomic E-state index is 9.35. The molecule has 1 aliphatic carbocycles. The second kappa shape index (κ2) is 3.39. The molecule has 0 aliphatic heterocycles.